The lowest BCUT2D eigenvalue weighted by molar-refractivity contribution is -0.118. The highest BCUT2D eigenvalue weighted by Gasteiger charge is 2.08. The molecule has 2 aromatic carbocycles. The molecule has 0 unspecified atom stereocenters. The Kier molecular flexibility index (Phi) is 5.71. The van der Waals surface area contributed by atoms with Crippen molar-refractivity contribution in [2.75, 3.05) is 11.9 Å². The Hall–Kier alpha value is -3.57. The van der Waals surface area contributed by atoms with E-state index < -0.39 is 0 Å². The normalized spacial score (nSPS) is 9.29. The average molecular weight is 317 g/mol. The molecule has 0 saturated carbocycles. The number of nitrogens with one attached hydrogen (secondary N) is 1. The monoisotopic (exact) mass is 317 g/mol. The summed E-state index contributed by atoms with van der Waals surface area (Å²) in [5.41, 5.74) is 2.23. The van der Waals surface area contributed by atoms with Gasteiger partial charge in [-0.2, -0.15) is 10.5 Å². The molecule has 0 spiro atoms. The molecule has 24 heavy (non-hydrogen) atoms. The number of amides is 1. The second-order valence-corrected chi connectivity index (χ2v) is 4.97. The summed E-state index contributed by atoms with van der Waals surface area (Å²) in [6.07, 6.45) is 1.43. The second kappa shape index (κ2) is 8.17. The van der Waals surface area contributed by atoms with Gasteiger partial charge in [0.05, 0.1) is 0 Å². The van der Waals surface area contributed by atoms with Crippen LogP contribution in [0.3, 0.4) is 0 Å². The summed E-state index contributed by atoms with van der Waals surface area (Å²) in [6, 6.07) is 18.0. The van der Waals surface area contributed by atoms with Crippen molar-refractivity contribution in [1.82, 2.24) is 0 Å². The van der Waals surface area contributed by atoms with E-state index in [-0.39, 0.29) is 18.1 Å². The lowest BCUT2D eigenvalue weighted by atomic mass is 10.1. The van der Waals surface area contributed by atoms with Crippen LogP contribution < -0.4 is 10.1 Å². The summed E-state index contributed by atoms with van der Waals surface area (Å²) >= 11 is 0. The summed E-state index contributed by atoms with van der Waals surface area (Å²) in [5, 5.41) is 20.5. The predicted octanol–water partition coefficient (Wildman–Crippen LogP) is 3.44. The number of carbonyl (C=O) groups excluding carboxylic acids is 1. The fourth-order valence-electron chi connectivity index (χ4n) is 2.02. The molecule has 5 nitrogen and oxygen atoms in total. The number of carbonyl (C=O) groups is 1. The van der Waals surface area contributed by atoms with Gasteiger partial charge in [-0.3, -0.25) is 4.79 Å². The molecule has 0 heterocycles. The van der Waals surface area contributed by atoms with E-state index in [1.165, 1.54) is 6.08 Å². The first kappa shape index (κ1) is 16.8. The minimum absolute atomic E-state index is 0.0320. The molecule has 0 aliphatic heterocycles. The van der Waals surface area contributed by atoms with Crippen molar-refractivity contribution >= 4 is 17.7 Å². The van der Waals surface area contributed by atoms with E-state index in [4.69, 9.17) is 15.3 Å². The third kappa shape index (κ3) is 4.46. The highest BCUT2D eigenvalue weighted by atomic mass is 16.5. The second-order valence-electron chi connectivity index (χ2n) is 4.97. The molecule has 0 aliphatic rings. The smallest absolute Gasteiger partial charge is 0.262 e. The van der Waals surface area contributed by atoms with Crippen molar-refractivity contribution in [2.45, 2.75) is 6.92 Å². The maximum atomic E-state index is 12.0. The Morgan fingerprint density at radius 2 is 1.79 bits per heavy atom. The first-order valence-electron chi connectivity index (χ1n) is 7.23. The van der Waals surface area contributed by atoms with Crippen molar-refractivity contribution in [2.24, 2.45) is 0 Å². The maximum absolute atomic E-state index is 12.0. The van der Waals surface area contributed by atoms with Crippen LogP contribution in [0.25, 0.3) is 6.08 Å². The van der Waals surface area contributed by atoms with E-state index in [2.05, 4.69) is 5.32 Å². The van der Waals surface area contributed by atoms with Crippen LogP contribution in [0.4, 0.5) is 5.69 Å². The lowest BCUT2D eigenvalue weighted by Gasteiger charge is -2.11. The van der Waals surface area contributed by atoms with Gasteiger partial charge < -0.3 is 10.1 Å². The molecule has 2 aromatic rings. The van der Waals surface area contributed by atoms with Crippen LogP contribution in [-0.2, 0) is 4.79 Å². The maximum Gasteiger partial charge on any atom is 0.262 e. The average Bonchev–Trinajstić information content (AvgIpc) is 2.60. The highest BCUT2D eigenvalue weighted by molar-refractivity contribution is 5.92. The Morgan fingerprint density at radius 1 is 1.12 bits per heavy atom. The number of aryl methyl sites for hydroxylation is 1. The van der Waals surface area contributed by atoms with Gasteiger partial charge >= 0.3 is 0 Å². The molecule has 0 radical (unpaired) electrons. The van der Waals surface area contributed by atoms with E-state index in [1.807, 2.05) is 31.2 Å². The van der Waals surface area contributed by atoms with Gasteiger partial charge in [0.2, 0.25) is 0 Å². The van der Waals surface area contributed by atoms with Crippen LogP contribution in [0.15, 0.2) is 54.1 Å². The molecule has 0 saturated heterocycles. The zero-order valence-corrected chi connectivity index (χ0v) is 13.1. The standard InChI is InChI=1S/C19H15N3O2/c1-14-6-2-4-8-17(14)22-19(23)13-24-18-9-5-3-7-16(18)10-15(11-20)12-21/h2-10H,13H2,1H3,(H,22,23). The number of allylic oxidation sites excluding steroid dienone is 1. The SMILES string of the molecule is Cc1ccccc1NC(=O)COc1ccccc1C=C(C#N)C#N. The number of para-hydroxylation sites is 2. The van der Waals surface area contributed by atoms with Crippen LogP contribution >= 0.6 is 0 Å². The Labute approximate surface area is 140 Å². The number of ether oxygens (including phenoxy) is 1. The van der Waals surface area contributed by atoms with Crippen LogP contribution in [0.1, 0.15) is 11.1 Å². The van der Waals surface area contributed by atoms with E-state index in [0.717, 1.165) is 11.3 Å². The van der Waals surface area contributed by atoms with Gasteiger partial charge in [-0.05, 0) is 30.7 Å². The Balaban J connectivity index is 2.06. The third-order valence-corrected chi connectivity index (χ3v) is 3.24. The minimum Gasteiger partial charge on any atom is -0.483 e. The first-order chi connectivity index (χ1) is 11.6. The molecule has 0 aromatic heterocycles. The number of nitrogens with zero attached hydrogens (tertiary/aromatic N) is 2. The number of nitriles is 2. The molecule has 1 amide bonds. The quantitative estimate of drug-likeness (QED) is 0.856. The van der Waals surface area contributed by atoms with Crippen LogP contribution in [0.2, 0.25) is 0 Å². The van der Waals surface area contributed by atoms with Crippen molar-refractivity contribution in [3.63, 3.8) is 0 Å². The van der Waals surface area contributed by atoms with Crippen molar-refractivity contribution < 1.29 is 9.53 Å². The molecule has 0 bridgehead atoms. The van der Waals surface area contributed by atoms with Gasteiger partial charge in [-0.15, -0.1) is 0 Å². The fraction of sp³-hybridized carbons (Fsp3) is 0.105. The Morgan fingerprint density at radius 3 is 2.50 bits per heavy atom. The summed E-state index contributed by atoms with van der Waals surface area (Å²) in [7, 11) is 0. The molecule has 0 fully saturated rings. The molecular weight excluding hydrogens is 302 g/mol. The fourth-order valence-corrected chi connectivity index (χ4v) is 2.02. The molecule has 118 valence electrons. The number of benzene rings is 2. The summed E-state index contributed by atoms with van der Waals surface area (Å²) in [6.45, 7) is 1.73. The van der Waals surface area contributed by atoms with Crippen LogP contribution in [0.5, 0.6) is 5.75 Å². The van der Waals surface area contributed by atoms with E-state index >= 15 is 0 Å². The summed E-state index contributed by atoms with van der Waals surface area (Å²) in [4.78, 5) is 12.0. The minimum atomic E-state index is -0.288. The van der Waals surface area contributed by atoms with E-state index in [9.17, 15) is 4.79 Å². The van der Waals surface area contributed by atoms with Crippen molar-refractivity contribution in [1.29, 1.82) is 10.5 Å². The molecule has 1 N–H and O–H groups in total. The number of hydrogen-bond acceptors (Lipinski definition) is 4. The van der Waals surface area contributed by atoms with Gasteiger partial charge in [0.15, 0.2) is 6.61 Å². The Bertz CT molecular complexity index is 841. The van der Waals surface area contributed by atoms with Gasteiger partial charge in [0.1, 0.15) is 23.5 Å². The number of anilines is 1. The predicted molar refractivity (Wildman–Crippen MR) is 90.9 cm³/mol. The number of hydrogen-bond donors (Lipinski definition) is 1. The van der Waals surface area contributed by atoms with E-state index in [1.54, 1.807) is 36.4 Å². The zero-order valence-electron chi connectivity index (χ0n) is 13.1. The topological polar surface area (TPSA) is 85.9 Å². The van der Waals surface area contributed by atoms with Gasteiger partial charge in [-0.25, -0.2) is 0 Å². The lowest BCUT2D eigenvalue weighted by Crippen LogP contribution is -2.20. The summed E-state index contributed by atoms with van der Waals surface area (Å²) < 4.78 is 5.53. The van der Waals surface area contributed by atoms with Crippen molar-refractivity contribution in [3.8, 4) is 17.9 Å². The molecule has 5 heteroatoms. The largest absolute Gasteiger partial charge is 0.483 e. The molecular formula is C19H15N3O2. The van der Waals surface area contributed by atoms with Crippen LogP contribution in [-0.4, -0.2) is 12.5 Å². The van der Waals surface area contributed by atoms with Gasteiger partial charge in [0, 0.05) is 11.3 Å². The third-order valence-electron chi connectivity index (χ3n) is 3.24. The molecule has 2 rings (SSSR count). The highest BCUT2D eigenvalue weighted by Crippen LogP contribution is 2.21. The molecule has 0 atom stereocenters. The van der Waals surface area contributed by atoms with Crippen molar-refractivity contribution in [3.05, 3.63) is 65.2 Å². The van der Waals surface area contributed by atoms with Gasteiger partial charge in [0.25, 0.3) is 5.91 Å². The summed E-state index contributed by atoms with van der Waals surface area (Å²) in [5.74, 6) is 0.143. The number of rotatable bonds is 5. The van der Waals surface area contributed by atoms with E-state index in [0.29, 0.717) is 11.3 Å². The molecule has 0 aliphatic carbocycles. The van der Waals surface area contributed by atoms with Crippen LogP contribution in [0, 0.1) is 29.6 Å². The first-order valence-corrected chi connectivity index (χ1v) is 7.23. The zero-order chi connectivity index (χ0) is 17.4. The van der Waals surface area contributed by atoms with Gasteiger partial charge in [-0.1, -0.05) is 36.4 Å².